The Kier molecular flexibility index (Phi) is 4.28. The van der Waals surface area contributed by atoms with Gasteiger partial charge in [0.1, 0.15) is 16.1 Å². The van der Waals surface area contributed by atoms with Crippen LogP contribution in [0.2, 0.25) is 0 Å². The maximum Gasteiger partial charge on any atom is 0.274 e. The minimum Gasteiger partial charge on any atom is -0.320 e. The van der Waals surface area contributed by atoms with Gasteiger partial charge in [0.05, 0.1) is 9.26 Å². The largest absolute Gasteiger partial charge is 0.320 e. The van der Waals surface area contributed by atoms with E-state index >= 15 is 0 Å². The standard InChI is InChI=1S/C12H7BrFIN2O/c13-10-6-2-5-9(16-10)12(18)17-8-4-1-3-7(14)11(8)15/h1-6H,(H,17,18). The Labute approximate surface area is 125 Å². The van der Waals surface area contributed by atoms with Crippen molar-refractivity contribution in [2.75, 3.05) is 5.32 Å². The first-order valence-electron chi connectivity index (χ1n) is 4.96. The Morgan fingerprint density at radius 3 is 2.72 bits per heavy atom. The van der Waals surface area contributed by atoms with Gasteiger partial charge in [-0.3, -0.25) is 4.79 Å². The Morgan fingerprint density at radius 1 is 1.28 bits per heavy atom. The molecule has 92 valence electrons. The van der Waals surface area contributed by atoms with Crippen LogP contribution in [-0.2, 0) is 0 Å². The molecule has 3 nitrogen and oxygen atoms in total. The molecule has 0 radical (unpaired) electrons. The lowest BCUT2D eigenvalue weighted by Crippen LogP contribution is -2.14. The minimum absolute atomic E-state index is 0.268. The topological polar surface area (TPSA) is 42.0 Å². The molecule has 18 heavy (non-hydrogen) atoms. The number of hydrogen-bond acceptors (Lipinski definition) is 2. The molecule has 0 spiro atoms. The molecule has 1 aromatic heterocycles. The minimum atomic E-state index is -0.375. The molecule has 2 rings (SSSR count). The predicted molar refractivity (Wildman–Crippen MR) is 79.0 cm³/mol. The summed E-state index contributed by atoms with van der Waals surface area (Å²) in [7, 11) is 0. The van der Waals surface area contributed by atoms with Crippen molar-refractivity contribution in [3.8, 4) is 0 Å². The zero-order valence-corrected chi connectivity index (χ0v) is 12.7. The zero-order valence-electron chi connectivity index (χ0n) is 8.95. The molecule has 1 N–H and O–H groups in total. The van der Waals surface area contributed by atoms with Crippen LogP contribution in [0.1, 0.15) is 10.5 Å². The van der Waals surface area contributed by atoms with Crippen LogP contribution in [0, 0.1) is 9.39 Å². The van der Waals surface area contributed by atoms with E-state index < -0.39 is 0 Å². The van der Waals surface area contributed by atoms with Crippen LogP contribution in [-0.4, -0.2) is 10.9 Å². The summed E-state index contributed by atoms with van der Waals surface area (Å²) < 4.78 is 14.3. The number of amides is 1. The fraction of sp³-hybridized carbons (Fsp3) is 0. The van der Waals surface area contributed by atoms with Crippen molar-refractivity contribution in [2.45, 2.75) is 0 Å². The number of aromatic nitrogens is 1. The highest BCUT2D eigenvalue weighted by Crippen LogP contribution is 2.21. The first-order valence-corrected chi connectivity index (χ1v) is 6.83. The Bertz CT molecular complexity index is 606. The first-order chi connectivity index (χ1) is 8.58. The monoisotopic (exact) mass is 420 g/mol. The lowest BCUT2D eigenvalue weighted by atomic mass is 10.3. The molecule has 1 aromatic carbocycles. The highest BCUT2D eigenvalue weighted by atomic mass is 127. The lowest BCUT2D eigenvalue weighted by molar-refractivity contribution is 0.102. The van der Waals surface area contributed by atoms with Crippen molar-refractivity contribution in [3.05, 3.63) is 56.1 Å². The molecule has 0 aliphatic heterocycles. The fourth-order valence-corrected chi connectivity index (χ4v) is 2.16. The van der Waals surface area contributed by atoms with E-state index in [9.17, 15) is 9.18 Å². The van der Waals surface area contributed by atoms with E-state index in [0.717, 1.165) is 0 Å². The van der Waals surface area contributed by atoms with E-state index in [2.05, 4.69) is 26.2 Å². The van der Waals surface area contributed by atoms with Crippen molar-refractivity contribution in [3.63, 3.8) is 0 Å². The van der Waals surface area contributed by atoms with Crippen molar-refractivity contribution in [1.29, 1.82) is 0 Å². The van der Waals surface area contributed by atoms with Crippen LogP contribution < -0.4 is 5.32 Å². The van der Waals surface area contributed by atoms with E-state index in [1.165, 1.54) is 6.07 Å². The molecule has 0 aliphatic rings. The zero-order chi connectivity index (χ0) is 13.1. The number of carbonyl (C=O) groups is 1. The summed E-state index contributed by atoms with van der Waals surface area (Å²) in [6.07, 6.45) is 0. The number of anilines is 1. The van der Waals surface area contributed by atoms with Gasteiger partial charge >= 0.3 is 0 Å². The van der Waals surface area contributed by atoms with Crippen LogP contribution in [0.15, 0.2) is 41.0 Å². The molecule has 0 atom stereocenters. The highest BCUT2D eigenvalue weighted by Gasteiger charge is 2.11. The highest BCUT2D eigenvalue weighted by molar-refractivity contribution is 14.1. The second kappa shape index (κ2) is 5.75. The van der Waals surface area contributed by atoms with Gasteiger partial charge in [0.15, 0.2) is 0 Å². The summed E-state index contributed by atoms with van der Waals surface area (Å²) in [6.45, 7) is 0. The van der Waals surface area contributed by atoms with E-state index in [0.29, 0.717) is 13.9 Å². The van der Waals surface area contributed by atoms with Gasteiger partial charge in [-0.25, -0.2) is 9.37 Å². The molecule has 0 saturated heterocycles. The summed E-state index contributed by atoms with van der Waals surface area (Å²) in [5, 5.41) is 2.62. The first kappa shape index (κ1) is 13.4. The SMILES string of the molecule is O=C(Nc1cccc(F)c1I)c1cccc(Br)n1. The van der Waals surface area contributed by atoms with Crippen LogP contribution in [0.3, 0.4) is 0 Å². The molecular weight excluding hydrogens is 414 g/mol. The molecular formula is C12H7BrFIN2O. The quantitative estimate of drug-likeness (QED) is 0.592. The Morgan fingerprint density at radius 2 is 2.00 bits per heavy atom. The lowest BCUT2D eigenvalue weighted by Gasteiger charge is -2.07. The number of hydrogen-bond donors (Lipinski definition) is 1. The van der Waals surface area contributed by atoms with Gasteiger partial charge < -0.3 is 5.32 Å². The number of halogens is 3. The number of rotatable bonds is 2. The second-order valence-electron chi connectivity index (χ2n) is 3.40. The molecule has 0 fully saturated rings. The number of benzene rings is 1. The van der Waals surface area contributed by atoms with Crippen molar-refractivity contribution in [2.24, 2.45) is 0 Å². The van der Waals surface area contributed by atoms with Crippen LogP contribution in [0.25, 0.3) is 0 Å². The van der Waals surface area contributed by atoms with Crippen LogP contribution >= 0.6 is 38.5 Å². The normalized spacial score (nSPS) is 10.2. The van der Waals surface area contributed by atoms with E-state index in [-0.39, 0.29) is 17.4 Å². The summed E-state index contributed by atoms with van der Waals surface area (Å²) in [5.41, 5.74) is 0.701. The van der Waals surface area contributed by atoms with Gasteiger partial charge in [-0.1, -0.05) is 12.1 Å². The van der Waals surface area contributed by atoms with Gasteiger partial charge in [0.2, 0.25) is 0 Å². The smallest absolute Gasteiger partial charge is 0.274 e. The Balaban J connectivity index is 2.24. The van der Waals surface area contributed by atoms with Crippen LogP contribution in [0.5, 0.6) is 0 Å². The maximum atomic E-state index is 13.3. The van der Waals surface area contributed by atoms with Gasteiger partial charge in [-0.2, -0.15) is 0 Å². The van der Waals surface area contributed by atoms with Crippen molar-refractivity contribution < 1.29 is 9.18 Å². The molecule has 6 heteroatoms. The van der Waals surface area contributed by atoms with Gasteiger partial charge in [-0.05, 0) is 62.8 Å². The van der Waals surface area contributed by atoms with Gasteiger partial charge in [0.25, 0.3) is 5.91 Å². The molecule has 2 aromatic rings. The third kappa shape index (κ3) is 3.05. The molecule has 0 unspecified atom stereocenters. The summed E-state index contributed by atoms with van der Waals surface area (Å²) >= 11 is 5.03. The summed E-state index contributed by atoms with van der Waals surface area (Å²) in [4.78, 5) is 15.9. The third-order valence-corrected chi connectivity index (χ3v) is 3.69. The molecule has 1 amide bonds. The van der Waals surface area contributed by atoms with E-state index in [1.54, 1.807) is 30.3 Å². The van der Waals surface area contributed by atoms with Crippen molar-refractivity contribution >= 4 is 50.1 Å². The average Bonchev–Trinajstić information content (AvgIpc) is 2.35. The summed E-state index contributed by atoms with van der Waals surface area (Å²) in [6, 6.07) is 9.55. The average molecular weight is 421 g/mol. The van der Waals surface area contributed by atoms with Gasteiger partial charge in [-0.15, -0.1) is 0 Å². The Hall–Kier alpha value is -1.02. The fourth-order valence-electron chi connectivity index (χ4n) is 1.32. The van der Waals surface area contributed by atoms with Crippen LogP contribution in [0.4, 0.5) is 10.1 Å². The molecule has 0 bridgehead atoms. The molecule has 0 aliphatic carbocycles. The summed E-state index contributed by atoms with van der Waals surface area (Å²) in [5.74, 6) is -0.740. The molecule has 0 saturated carbocycles. The number of nitrogens with zero attached hydrogens (tertiary/aromatic N) is 1. The maximum absolute atomic E-state index is 13.3. The number of nitrogens with one attached hydrogen (secondary N) is 1. The van der Waals surface area contributed by atoms with Gasteiger partial charge in [0, 0.05) is 0 Å². The number of pyridine rings is 1. The molecule has 1 heterocycles. The van der Waals surface area contributed by atoms with E-state index in [1.807, 2.05) is 22.6 Å². The van der Waals surface area contributed by atoms with Crippen molar-refractivity contribution in [1.82, 2.24) is 4.98 Å². The van der Waals surface area contributed by atoms with E-state index in [4.69, 9.17) is 0 Å². The predicted octanol–water partition coefficient (Wildman–Crippen LogP) is 3.84. The second-order valence-corrected chi connectivity index (χ2v) is 5.29. The third-order valence-electron chi connectivity index (χ3n) is 2.15. The number of carbonyl (C=O) groups excluding carboxylic acids is 1.